The first-order valence-electron chi connectivity index (χ1n) is 5.77. The molecule has 1 saturated carbocycles. The fraction of sp³-hybridized carbons (Fsp3) is 0.462. The molecular formula is C13H15NO2. The van der Waals surface area contributed by atoms with Gasteiger partial charge in [0.1, 0.15) is 5.75 Å². The summed E-state index contributed by atoms with van der Waals surface area (Å²) in [6.07, 6.45) is 2.82. The molecule has 2 aliphatic rings. The zero-order valence-corrected chi connectivity index (χ0v) is 9.07. The second-order valence-electron chi connectivity index (χ2n) is 4.96. The number of piperidine rings is 1. The van der Waals surface area contributed by atoms with Crippen molar-refractivity contribution in [2.75, 3.05) is 6.54 Å². The number of carbonyl (C=O) groups is 1. The van der Waals surface area contributed by atoms with Crippen molar-refractivity contribution in [1.29, 1.82) is 0 Å². The minimum absolute atomic E-state index is 0.0239. The van der Waals surface area contributed by atoms with Crippen LogP contribution in [0.25, 0.3) is 0 Å². The third-order valence-electron chi connectivity index (χ3n) is 4.06. The quantitative estimate of drug-likeness (QED) is 0.750. The Bertz CT molecular complexity index is 443. The van der Waals surface area contributed by atoms with Gasteiger partial charge in [-0.05, 0) is 25.3 Å². The highest BCUT2D eigenvalue weighted by molar-refractivity contribution is 5.81. The molecule has 84 valence electrons. The van der Waals surface area contributed by atoms with Crippen LogP contribution in [0.3, 0.4) is 0 Å². The van der Waals surface area contributed by atoms with Crippen molar-refractivity contribution in [3.8, 4) is 5.75 Å². The molecule has 2 fully saturated rings. The lowest BCUT2D eigenvalue weighted by atomic mass is 9.76. The summed E-state index contributed by atoms with van der Waals surface area (Å²) in [5.74, 6) is 0.691. The van der Waals surface area contributed by atoms with Crippen LogP contribution >= 0.6 is 0 Å². The van der Waals surface area contributed by atoms with Gasteiger partial charge >= 0.3 is 0 Å². The van der Waals surface area contributed by atoms with Gasteiger partial charge in [-0.25, -0.2) is 0 Å². The lowest BCUT2D eigenvalue weighted by Crippen LogP contribution is -2.45. The molecule has 1 aliphatic carbocycles. The van der Waals surface area contributed by atoms with Crippen molar-refractivity contribution in [3.63, 3.8) is 0 Å². The number of amides is 1. The molecule has 0 aromatic heterocycles. The number of nitrogens with one attached hydrogen (secondary N) is 1. The minimum atomic E-state index is -0.0239. The predicted octanol–water partition coefficient (Wildman–Crippen LogP) is 1.56. The van der Waals surface area contributed by atoms with Gasteiger partial charge in [-0.1, -0.05) is 18.2 Å². The second kappa shape index (κ2) is 3.24. The van der Waals surface area contributed by atoms with E-state index in [1.54, 1.807) is 6.07 Å². The van der Waals surface area contributed by atoms with E-state index in [9.17, 15) is 9.90 Å². The van der Waals surface area contributed by atoms with Crippen LogP contribution in [-0.4, -0.2) is 17.6 Å². The van der Waals surface area contributed by atoms with E-state index in [1.165, 1.54) is 0 Å². The standard InChI is InChI=1S/C13H15NO2/c15-11-4-2-1-3-10(11)13-6-5-9(7-13)12(16)14-8-13/h1-4,9,15H,5-8H2,(H,14,16). The average molecular weight is 217 g/mol. The number of carbonyl (C=O) groups excluding carboxylic acids is 1. The zero-order chi connectivity index (χ0) is 11.2. The Hall–Kier alpha value is -1.51. The highest BCUT2D eigenvalue weighted by atomic mass is 16.3. The number of phenolic OH excluding ortho intramolecular Hbond substituents is 1. The van der Waals surface area contributed by atoms with Gasteiger partial charge in [0, 0.05) is 23.4 Å². The van der Waals surface area contributed by atoms with E-state index < -0.39 is 0 Å². The molecule has 1 aliphatic heterocycles. The molecule has 1 heterocycles. The van der Waals surface area contributed by atoms with Crippen LogP contribution in [0.2, 0.25) is 0 Å². The van der Waals surface area contributed by atoms with Crippen LogP contribution in [0.5, 0.6) is 5.75 Å². The smallest absolute Gasteiger partial charge is 0.223 e. The highest BCUT2D eigenvalue weighted by Gasteiger charge is 2.47. The predicted molar refractivity (Wildman–Crippen MR) is 60.1 cm³/mol. The molecule has 0 radical (unpaired) electrons. The molecular weight excluding hydrogens is 202 g/mol. The van der Waals surface area contributed by atoms with Gasteiger partial charge in [0.05, 0.1) is 0 Å². The third-order valence-corrected chi connectivity index (χ3v) is 4.06. The summed E-state index contributed by atoms with van der Waals surface area (Å²) in [5, 5.41) is 12.9. The van der Waals surface area contributed by atoms with Gasteiger partial charge < -0.3 is 10.4 Å². The number of hydrogen-bond donors (Lipinski definition) is 2. The molecule has 2 N–H and O–H groups in total. The van der Waals surface area contributed by atoms with E-state index in [0.717, 1.165) is 24.8 Å². The van der Waals surface area contributed by atoms with Crippen molar-refractivity contribution in [2.45, 2.75) is 24.7 Å². The maximum atomic E-state index is 11.5. The first-order valence-corrected chi connectivity index (χ1v) is 5.77. The topological polar surface area (TPSA) is 49.3 Å². The Morgan fingerprint density at radius 2 is 2.19 bits per heavy atom. The number of fused-ring (bicyclic) bond motifs is 2. The van der Waals surface area contributed by atoms with Crippen LogP contribution in [0.1, 0.15) is 24.8 Å². The maximum absolute atomic E-state index is 11.5. The lowest BCUT2D eigenvalue weighted by Gasteiger charge is -2.34. The minimum Gasteiger partial charge on any atom is -0.508 e. The molecule has 2 unspecified atom stereocenters. The summed E-state index contributed by atoms with van der Waals surface area (Å²) in [7, 11) is 0. The summed E-state index contributed by atoms with van der Waals surface area (Å²) in [4.78, 5) is 11.5. The Balaban J connectivity index is 2.02. The highest BCUT2D eigenvalue weighted by Crippen LogP contribution is 2.48. The van der Waals surface area contributed by atoms with Gasteiger partial charge in [0.25, 0.3) is 0 Å². The van der Waals surface area contributed by atoms with Gasteiger partial charge in [-0.2, -0.15) is 0 Å². The molecule has 3 heteroatoms. The second-order valence-corrected chi connectivity index (χ2v) is 4.96. The van der Waals surface area contributed by atoms with Crippen molar-refractivity contribution >= 4 is 5.91 Å². The number of aromatic hydroxyl groups is 1. The van der Waals surface area contributed by atoms with Crippen LogP contribution < -0.4 is 5.32 Å². The Labute approximate surface area is 94.5 Å². The molecule has 0 spiro atoms. The summed E-state index contributed by atoms with van der Waals surface area (Å²) < 4.78 is 0. The van der Waals surface area contributed by atoms with Crippen LogP contribution in [0, 0.1) is 5.92 Å². The molecule has 3 rings (SSSR count). The van der Waals surface area contributed by atoms with E-state index in [4.69, 9.17) is 0 Å². The number of para-hydroxylation sites is 1. The molecule has 1 saturated heterocycles. The van der Waals surface area contributed by atoms with Crippen LogP contribution in [-0.2, 0) is 10.2 Å². The number of hydrogen-bond acceptors (Lipinski definition) is 2. The van der Waals surface area contributed by atoms with E-state index in [-0.39, 0.29) is 17.2 Å². The first kappa shape index (κ1) is 9.70. The van der Waals surface area contributed by atoms with Crippen molar-refractivity contribution in [3.05, 3.63) is 29.8 Å². The summed E-state index contributed by atoms with van der Waals surface area (Å²) >= 11 is 0. The molecule has 3 nitrogen and oxygen atoms in total. The van der Waals surface area contributed by atoms with Crippen molar-refractivity contribution in [2.24, 2.45) is 5.92 Å². The van der Waals surface area contributed by atoms with Gasteiger partial charge in [-0.15, -0.1) is 0 Å². The molecule has 1 aromatic carbocycles. The molecule has 1 amide bonds. The van der Waals surface area contributed by atoms with Gasteiger partial charge in [-0.3, -0.25) is 4.79 Å². The van der Waals surface area contributed by atoms with Crippen LogP contribution in [0.4, 0.5) is 0 Å². The van der Waals surface area contributed by atoms with E-state index in [2.05, 4.69) is 5.32 Å². The molecule has 16 heavy (non-hydrogen) atoms. The Morgan fingerprint density at radius 3 is 3.00 bits per heavy atom. The van der Waals surface area contributed by atoms with Crippen molar-refractivity contribution in [1.82, 2.24) is 5.32 Å². The Kier molecular flexibility index (Phi) is 1.96. The summed E-state index contributed by atoms with van der Waals surface area (Å²) in [5.41, 5.74) is 0.974. The van der Waals surface area contributed by atoms with Gasteiger partial charge in [0.2, 0.25) is 5.91 Å². The van der Waals surface area contributed by atoms with E-state index in [1.807, 2.05) is 18.2 Å². The van der Waals surface area contributed by atoms with Gasteiger partial charge in [0.15, 0.2) is 0 Å². The first-order chi connectivity index (χ1) is 7.71. The van der Waals surface area contributed by atoms with E-state index in [0.29, 0.717) is 12.3 Å². The molecule has 1 aromatic rings. The normalized spacial score (nSPS) is 32.5. The van der Waals surface area contributed by atoms with Crippen molar-refractivity contribution < 1.29 is 9.90 Å². The zero-order valence-electron chi connectivity index (χ0n) is 9.07. The Morgan fingerprint density at radius 1 is 1.38 bits per heavy atom. The number of phenols is 1. The average Bonchev–Trinajstić information content (AvgIpc) is 2.66. The fourth-order valence-electron chi connectivity index (χ4n) is 3.17. The maximum Gasteiger partial charge on any atom is 0.223 e. The number of benzene rings is 1. The van der Waals surface area contributed by atoms with E-state index >= 15 is 0 Å². The number of rotatable bonds is 1. The largest absolute Gasteiger partial charge is 0.508 e. The summed E-state index contributed by atoms with van der Waals surface area (Å²) in [6.45, 7) is 0.667. The summed E-state index contributed by atoms with van der Waals surface area (Å²) in [6, 6.07) is 7.50. The molecule has 2 bridgehead atoms. The fourth-order valence-corrected chi connectivity index (χ4v) is 3.17. The van der Waals surface area contributed by atoms with Crippen LogP contribution in [0.15, 0.2) is 24.3 Å². The monoisotopic (exact) mass is 217 g/mol. The SMILES string of the molecule is O=C1NCC2(c3ccccc3O)CCC1C2. The third kappa shape index (κ3) is 1.24. The lowest BCUT2D eigenvalue weighted by molar-refractivity contribution is -0.126. The molecule has 2 atom stereocenters.